The van der Waals surface area contributed by atoms with Gasteiger partial charge in [-0.15, -0.1) is 34.2 Å². The molecule has 0 saturated heterocycles. The molecular weight excluding hydrogens is 451 g/mol. The van der Waals surface area contributed by atoms with E-state index >= 15 is 0 Å². The summed E-state index contributed by atoms with van der Waals surface area (Å²) in [6, 6.07) is 10.7. The first-order valence-electron chi connectivity index (χ1n) is 9.76. The molecule has 1 aromatic carbocycles. The molecule has 6 nitrogen and oxygen atoms in total. The van der Waals surface area contributed by atoms with E-state index in [4.69, 9.17) is 0 Å². The maximum absolute atomic E-state index is 4.67. The number of aromatic nitrogens is 3. The number of unbranched alkanes of at least 4 members (excludes halogenated alkanes) is 2. The summed E-state index contributed by atoms with van der Waals surface area (Å²) < 4.78 is 2.08. The predicted octanol–water partition coefficient (Wildman–Crippen LogP) is 3.43. The van der Waals surface area contributed by atoms with Gasteiger partial charge in [0.15, 0.2) is 5.96 Å². The van der Waals surface area contributed by atoms with Crippen LogP contribution in [0.5, 0.6) is 0 Å². The number of hydrogen-bond acceptors (Lipinski definition) is 3. The van der Waals surface area contributed by atoms with Crippen LogP contribution in [0, 0.1) is 0 Å². The average Bonchev–Trinajstić information content (AvgIpc) is 3.13. The molecule has 0 fully saturated rings. The number of aliphatic imine (C=N–C) groups is 1. The molecule has 1 heterocycles. The zero-order chi connectivity index (χ0) is 18.5. The van der Waals surface area contributed by atoms with E-state index in [1.807, 2.05) is 0 Å². The Hall–Kier alpha value is -1.64. The van der Waals surface area contributed by atoms with Gasteiger partial charge in [0.25, 0.3) is 0 Å². The maximum Gasteiger partial charge on any atom is 0.191 e. The fraction of sp³-hybridized carbons (Fsp3) is 0.550. The summed E-state index contributed by atoms with van der Waals surface area (Å²) in [6.07, 6.45) is 7.39. The summed E-state index contributed by atoms with van der Waals surface area (Å²) in [5, 5.41) is 14.8. The highest BCUT2D eigenvalue weighted by molar-refractivity contribution is 14.0. The van der Waals surface area contributed by atoms with Gasteiger partial charge in [0.1, 0.15) is 12.2 Å². The molecule has 0 aliphatic rings. The van der Waals surface area contributed by atoms with Crippen LogP contribution in [0.3, 0.4) is 0 Å². The Morgan fingerprint density at radius 3 is 2.63 bits per heavy atom. The fourth-order valence-corrected chi connectivity index (χ4v) is 2.83. The smallest absolute Gasteiger partial charge is 0.191 e. The normalized spacial score (nSPS) is 11.1. The van der Waals surface area contributed by atoms with E-state index in [1.54, 1.807) is 6.33 Å². The largest absolute Gasteiger partial charge is 0.357 e. The third kappa shape index (κ3) is 9.21. The Morgan fingerprint density at radius 1 is 1.07 bits per heavy atom. The molecule has 0 radical (unpaired) electrons. The summed E-state index contributed by atoms with van der Waals surface area (Å²) in [5.74, 6) is 1.91. The highest BCUT2D eigenvalue weighted by Crippen LogP contribution is 2.06. The molecule has 0 aliphatic heterocycles. The lowest BCUT2D eigenvalue weighted by molar-refractivity contribution is 0.630. The lowest BCUT2D eigenvalue weighted by atomic mass is 10.1. The molecular formula is C20H33IN6. The Labute approximate surface area is 180 Å². The Morgan fingerprint density at radius 2 is 1.89 bits per heavy atom. The van der Waals surface area contributed by atoms with Crippen LogP contribution in [0.2, 0.25) is 0 Å². The summed E-state index contributed by atoms with van der Waals surface area (Å²) in [6.45, 7) is 7.56. The molecule has 2 rings (SSSR count). The minimum Gasteiger partial charge on any atom is -0.357 e. The van der Waals surface area contributed by atoms with Crippen molar-refractivity contribution in [3.8, 4) is 0 Å². The van der Waals surface area contributed by atoms with Crippen molar-refractivity contribution in [3.63, 3.8) is 0 Å². The van der Waals surface area contributed by atoms with Crippen molar-refractivity contribution < 1.29 is 0 Å². The second-order valence-electron chi connectivity index (χ2n) is 6.28. The van der Waals surface area contributed by atoms with Crippen LogP contribution < -0.4 is 10.6 Å². The second-order valence-corrected chi connectivity index (χ2v) is 6.28. The maximum atomic E-state index is 4.67. The monoisotopic (exact) mass is 484 g/mol. The molecule has 150 valence electrons. The first-order chi connectivity index (χ1) is 12.8. The number of rotatable bonds is 11. The van der Waals surface area contributed by atoms with E-state index in [-0.39, 0.29) is 24.0 Å². The van der Waals surface area contributed by atoms with E-state index in [0.717, 1.165) is 57.2 Å². The number of nitrogens with one attached hydrogen (secondary N) is 2. The van der Waals surface area contributed by atoms with Gasteiger partial charge in [0.05, 0.1) is 0 Å². The van der Waals surface area contributed by atoms with Gasteiger partial charge in [-0.25, -0.2) is 0 Å². The fourth-order valence-electron chi connectivity index (χ4n) is 2.83. The molecule has 2 aromatic rings. The summed E-state index contributed by atoms with van der Waals surface area (Å²) in [7, 11) is 0. The lowest BCUT2D eigenvalue weighted by Crippen LogP contribution is -2.39. The Bertz CT molecular complexity index is 641. The van der Waals surface area contributed by atoms with Crippen LogP contribution >= 0.6 is 24.0 Å². The number of nitrogens with zero attached hydrogens (tertiary/aromatic N) is 4. The van der Waals surface area contributed by atoms with Gasteiger partial charge in [-0.3, -0.25) is 4.99 Å². The molecule has 7 heteroatoms. The van der Waals surface area contributed by atoms with E-state index in [9.17, 15) is 0 Å². The summed E-state index contributed by atoms with van der Waals surface area (Å²) in [5.41, 5.74) is 1.42. The van der Waals surface area contributed by atoms with Crippen molar-refractivity contribution in [2.24, 2.45) is 4.99 Å². The topological polar surface area (TPSA) is 67.1 Å². The van der Waals surface area contributed by atoms with Crippen molar-refractivity contribution in [1.29, 1.82) is 0 Å². The molecule has 2 N–H and O–H groups in total. The number of halogens is 1. The van der Waals surface area contributed by atoms with E-state index < -0.39 is 0 Å². The second kappa shape index (κ2) is 14.4. The minimum atomic E-state index is 0. The third-order valence-electron chi connectivity index (χ3n) is 4.24. The zero-order valence-electron chi connectivity index (χ0n) is 16.5. The number of aryl methyl sites for hydroxylation is 2. The third-order valence-corrected chi connectivity index (χ3v) is 4.24. The number of guanidine groups is 1. The molecule has 0 bridgehead atoms. The lowest BCUT2D eigenvalue weighted by Gasteiger charge is -2.12. The van der Waals surface area contributed by atoms with Gasteiger partial charge < -0.3 is 15.2 Å². The van der Waals surface area contributed by atoms with Crippen molar-refractivity contribution >= 4 is 29.9 Å². The summed E-state index contributed by atoms with van der Waals surface area (Å²) in [4.78, 5) is 4.67. The van der Waals surface area contributed by atoms with Crippen LogP contribution in [0.15, 0.2) is 41.7 Å². The van der Waals surface area contributed by atoms with Crippen molar-refractivity contribution in [3.05, 3.63) is 48.0 Å². The first kappa shape index (κ1) is 23.4. The Balaban J connectivity index is 0.00000364. The molecule has 0 saturated carbocycles. The molecule has 27 heavy (non-hydrogen) atoms. The summed E-state index contributed by atoms with van der Waals surface area (Å²) >= 11 is 0. The quantitative estimate of drug-likeness (QED) is 0.222. The van der Waals surface area contributed by atoms with Gasteiger partial charge in [0.2, 0.25) is 0 Å². The van der Waals surface area contributed by atoms with Crippen molar-refractivity contribution in [1.82, 2.24) is 25.4 Å². The molecule has 0 atom stereocenters. The minimum absolute atomic E-state index is 0. The van der Waals surface area contributed by atoms with E-state index in [1.165, 1.54) is 18.4 Å². The molecule has 0 spiro atoms. The van der Waals surface area contributed by atoms with Crippen LogP contribution in [0.1, 0.15) is 44.5 Å². The average molecular weight is 484 g/mol. The molecule has 0 aliphatic carbocycles. The zero-order valence-corrected chi connectivity index (χ0v) is 18.9. The number of hydrogen-bond donors (Lipinski definition) is 2. The van der Waals surface area contributed by atoms with Crippen LogP contribution in [0.4, 0.5) is 0 Å². The highest BCUT2D eigenvalue weighted by atomic mass is 127. The molecule has 1 aromatic heterocycles. The van der Waals surface area contributed by atoms with Crippen LogP contribution in [-0.2, 0) is 19.4 Å². The van der Waals surface area contributed by atoms with E-state index in [2.05, 4.69) is 74.6 Å². The van der Waals surface area contributed by atoms with Gasteiger partial charge >= 0.3 is 0 Å². The predicted molar refractivity (Wildman–Crippen MR) is 123 cm³/mol. The SMILES string of the molecule is CCNC(=NCCCCCc1ccccc1)NCCn1cnnc1CC.I. The standard InChI is InChI=1S/C20H32N6.HI/c1-3-19-25-24-17-26(19)16-15-23-20(21-4-2)22-14-10-6-9-13-18-11-7-5-8-12-18;/h5,7-8,11-12,17H,3-4,6,9-10,13-16H2,1-2H3,(H2,21,22,23);1H. The highest BCUT2D eigenvalue weighted by Gasteiger charge is 2.02. The van der Waals surface area contributed by atoms with Gasteiger partial charge in [-0.05, 0) is 31.7 Å². The van der Waals surface area contributed by atoms with Gasteiger partial charge in [0, 0.05) is 32.6 Å². The van der Waals surface area contributed by atoms with Gasteiger partial charge in [-0.1, -0.05) is 43.7 Å². The molecule has 0 amide bonds. The molecule has 0 unspecified atom stereocenters. The van der Waals surface area contributed by atoms with Gasteiger partial charge in [-0.2, -0.15) is 0 Å². The van der Waals surface area contributed by atoms with Crippen LogP contribution in [0.25, 0.3) is 0 Å². The van der Waals surface area contributed by atoms with Crippen LogP contribution in [-0.4, -0.2) is 40.4 Å². The van der Waals surface area contributed by atoms with E-state index in [0.29, 0.717) is 0 Å². The number of benzene rings is 1. The van der Waals surface area contributed by atoms with Crippen molar-refractivity contribution in [2.45, 2.75) is 52.5 Å². The first-order valence-corrected chi connectivity index (χ1v) is 9.76. The van der Waals surface area contributed by atoms with Crippen molar-refractivity contribution in [2.75, 3.05) is 19.6 Å². The Kier molecular flexibility index (Phi) is 12.5.